The quantitative estimate of drug-likeness (QED) is 0.463. The van der Waals surface area contributed by atoms with E-state index >= 15 is 0 Å². The molecule has 0 saturated carbocycles. The van der Waals surface area contributed by atoms with Crippen LogP contribution in [0.25, 0.3) is 17.4 Å². The van der Waals surface area contributed by atoms with Crippen molar-refractivity contribution in [1.82, 2.24) is 4.90 Å². The number of hydrogen-bond acceptors (Lipinski definition) is 5. The Morgan fingerprint density at radius 3 is 2.77 bits per heavy atom. The molecule has 1 aromatic carbocycles. The van der Waals surface area contributed by atoms with Gasteiger partial charge in [-0.2, -0.15) is 0 Å². The zero-order valence-corrected chi connectivity index (χ0v) is 15.0. The van der Waals surface area contributed by atoms with Crippen LogP contribution in [0.15, 0.2) is 68.5 Å². The van der Waals surface area contributed by atoms with Crippen molar-refractivity contribution in [3.8, 4) is 11.3 Å². The monoisotopic (exact) mass is 385 g/mol. The number of rotatable bonds is 4. The number of carbonyl (C=O) groups is 1. The third-order valence-electron chi connectivity index (χ3n) is 3.81. The Labute approximate surface area is 158 Å². The third kappa shape index (κ3) is 3.23. The van der Waals surface area contributed by atoms with Crippen LogP contribution in [0.1, 0.15) is 11.5 Å². The van der Waals surface area contributed by atoms with E-state index in [4.69, 9.17) is 21.1 Å². The van der Waals surface area contributed by atoms with Crippen molar-refractivity contribution in [3.05, 3.63) is 77.0 Å². The van der Waals surface area contributed by atoms with Gasteiger partial charge in [-0.25, -0.2) is 4.39 Å². The first kappa shape index (κ1) is 16.8. The summed E-state index contributed by atoms with van der Waals surface area (Å²) in [5, 5.41) is 0. The SMILES string of the molecule is O=C1C(=Cc2ccc(-c3ccccc3F)o2)SC(=S)N1Cc1ccco1. The van der Waals surface area contributed by atoms with Crippen molar-refractivity contribution in [2.45, 2.75) is 6.54 Å². The molecular weight excluding hydrogens is 373 g/mol. The third-order valence-corrected chi connectivity index (χ3v) is 5.18. The standard InChI is InChI=1S/C19H12FNO3S2/c20-15-6-2-1-5-14(15)16-8-7-12(24-16)10-17-18(22)21(19(25)26-17)11-13-4-3-9-23-13/h1-10H,11H2. The fourth-order valence-electron chi connectivity index (χ4n) is 2.56. The topological polar surface area (TPSA) is 46.6 Å². The zero-order chi connectivity index (χ0) is 18.1. The lowest BCUT2D eigenvalue weighted by molar-refractivity contribution is -0.122. The predicted octanol–water partition coefficient (Wildman–Crippen LogP) is 5.08. The van der Waals surface area contributed by atoms with Gasteiger partial charge in [0.05, 0.1) is 23.3 Å². The molecule has 26 heavy (non-hydrogen) atoms. The maximum absolute atomic E-state index is 13.9. The molecule has 1 saturated heterocycles. The summed E-state index contributed by atoms with van der Waals surface area (Å²) in [5.74, 6) is 0.947. The number of benzene rings is 1. The van der Waals surface area contributed by atoms with E-state index in [0.717, 1.165) is 0 Å². The van der Waals surface area contributed by atoms with E-state index < -0.39 is 0 Å². The molecule has 2 aromatic heterocycles. The molecule has 1 aliphatic heterocycles. The summed E-state index contributed by atoms with van der Waals surface area (Å²) in [7, 11) is 0. The fourth-order valence-corrected chi connectivity index (χ4v) is 3.80. The Morgan fingerprint density at radius 1 is 1.15 bits per heavy atom. The molecule has 3 aromatic rings. The first-order valence-corrected chi connectivity index (χ1v) is 8.97. The van der Waals surface area contributed by atoms with E-state index in [9.17, 15) is 9.18 Å². The van der Waals surface area contributed by atoms with Crippen LogP contribution >= 0.6 is 24.0 Å². The molecule has 1 amide bonds. The Hall–Kier alpha value is -2.64. The molecule has 3 heterocycles. The molecule has 1 fully saturated rings. The first-order chi connectivity index (χ1) is 12.6. The Morgan fingerprint density at radius 2 is 2.00 bits per heavy atom. The van der Waals surface area contributed by atoms with Gasteiger partial charge in [-0.1, -0.05) is 36.1 Å². The van der Waals surface area contributed by atoms with E-state index in [0.29, 0.717) is 32.1 Å². The van der Waals surface area contributed by atoms with E-state index in [1.54, 1.807) is 54.8 Å². The van der Waals surface area contributed by atoms with Crippen LogP contribution in [0.4, 0.5) is 4.39 Å². The number of thioether (sulfide) groups is 1. The Balaban J connectivity index is 1.56. The van der Waals surface area contributed by atoms with Gasteiger partial charge < -0.3 is 8.83 Å². The number of amides is 1. The summed E-state index contributed by atoms with van der Waals surface area (Å²) in [4.78, 5) is 14.5. The van der Waals surface area contributed by atoms with Crippen molar-refractivity contribution in [3.63, 3.8) is 0 Å². The lowest BCUT2D eigenvalue weighted by atomic mass is 10.1. The fraction of sp³-hybridized carbons (Fsp3) is 0.0526. The van der Waals surface area contributed by atoms with Crippen molar-refractivity contribution in [2.75, 3.05) is 0 Å². The molecule has 0 unspecified atom stereocenters. The van der Waals surface area contributed by atoms with E-state index in [2.05, 4.69) is 0 Å². The Bertz CT molecular complexity index is 1010. The summed E-state index contributed by atoms with van der Waals surface area (Å²) in [6, 6.07) is 13.3. The molecule has 0 aliphatic carbocycles. The number of nitrogens with zero attached hydrogens (tertiary/aromatic N) is 1. The minimum atomic E-state index is -0.363. The lowest BCUT2D eigenvalue weighted by Gasteiger charge is -2.11. The molecule has 1 aliphatic rings. The Kier molecular flexibility index (Phi) is 4.48. The molecule has 7 heteroatoms. The van der Waals surface area contributed by atoms with Gasteiger partial charge in [0.15, 0.2) is 0 Å². The van der Waals surface area contributed by atoms with Gasteiger partial charge in [-0.05, 0) is 36.4 Å². The van der Waals surface area contributed by atoms with Gasteiger partial charge in [0.1, 0.15) is 27.4 Å². The van der Waals surface area contributed by atoms with Crippen LogP contribution in [-0.4, -0.2) is 15.1 Å². The van der Waals surface area contributed by atoms with Crippen molar-refractivity contribution >= 4 is 40.3 Å². The van der Waals surface area contributed by atoms with Crippen LogP contribution < -0.4 is 0 Å². The normalized spacial score (nSPS) is 16.0. The van der Waals surface area contributed by atoms with Crippen LogP contribution in [-0.2, 0) is 11.3 Å². The molecule has 0 radical (unpaired) electrons. The highest BCUT2D eigenvalue weighted by molar-refractivity contribution is 8.26. The van der Waals surface area contributed by atoms with Crippen LogP contribution in [0.2, 0.25) is 0 Å². The van der Waals surface area contributed by atoms with Gasteiger partial charge >= 0.3 is 0 Å². The number of hydrogen-bond donors (Lipinski definition) is 0. The van der Waals surface area contributed by atoms with Gasteiger partial charge in [-0.15, -0.1) is 0 Å². The highest BCUT2D eigenvalue weighted by Gasteiger charge is 2.32. The minimum absolute atomic E-state index is 0.208. The first-order valence-electron chi connectivity index (χ1n) is 7.74. The largest absolute Gasteiger partial charge is 0.467 e. The van der Waals surface area contributed by atoms with Gasteiger partial charge in [0.2, 0.25) is 0 Å². The lowest BCUT2D eigenvalue weighted by Crippen LogP contribution is -2.27. The average Bonchev–Trinajstić information content (AvgIpc) is 3.35. The smallest absolute Gasteiger partial charge is 0.266 e. The van der Waals surface area contributed by atoms with Crippen molar-refractivity contribution < 1.29 is 18.0 Å². The van der Waals surface area contributed by atoms with Crippen LogP contribution in [0.3, 0.4) is 0 Å². The summed E-state index contributed by atoms with van der Waals surface area (Å²) in [6.07, 6.45) is 3.17. The molecule has 4 rings (SSSR count). The van der Waals surface area contributed by atoms with Gasteiger partial charge in [-0.3, -0.25) is 9.69 Å². The van der Waals surface area contributed by atoms with E-state index in [1.165, 1.54) is 22.7 Å². The second-order valence-corrected chi connectivity index (χ2v) is 7.20. The molecule has 0 N–H and O–H groups in total. The second kappa shape index (κ2) is 6.93. The van der Waals surface area contributed by atoms with E-state index in [1.807, 2.05) is 0 Å². The highest BCUT2D eigenvalue weighted by atomic mass is 32.2. The minimum Gasteiger partial charge on any atom is -0.467 e. The van der Waals surface area contributed by atoms with Gasteiger partial charge in [0, 0.05) is 6.08 Å². The van der Waals surface area contributed by atoms with Crippen LogP contribution in [0.5, 0.6) is 0 Å². The number of furan rings is 2. The number of halogens is 1. The predicted molar refractivity (Wildman–Crippen MR) is 102 cm³/mol. The molecular formula is C19H12FNO3S2. The van der Waals surface area contributed by atoms with Gasteiger partial charge in [0.25, 0.3) is 5.91 Å². The maximum atomic E-state index is 13.9. The van der Waals surface area contributed by atoms with Crippen molar-refractivity contribution in [2.24, 2.45) is 0 Å². The highest BCUT2D eigenvalue weighted by Crippen LogP contribution is 2.34. The molecule has 0 bridgehead atoms. The van der Waals surface area contributed by atoms with Crippen molar-refractivity contribution in [1.29, 1.82) is 0 Å². The summed E-state index contributed by atoms with van der Waals surface area (Å²) in [5.41, 5.74) is 0.373. The number of carbonyl (C=O) groups excluding carboxylic acids is 1. The van der Waals surface area contributed by atoms with Crippen LogP contribution in [0, 0.1) is 5.82 Å². The molecule has 0 spiro atoms. The zero-order valence-electron chi connectivity index (χ0n) is 13.3. The summed E-state index contributed by atoms with van der Waals surface area (Å²) < 4.78 is 25.3. The number of thiocarbonyl (C=S) groups is 1. The molecule has 0 atom stereocenters. The average molecular weight is 385 g/mol. The summed E-state index contributed by atoms with van der Waals surface area (Å²) in [6.45, 7) is 0.285. The summed E-state index contributed by atoms with van der Waals surface area (Å²) >= 11 is 6.49. The molecule has 130 valence electrons. The molecule has 4 nitrogen and oxygen atoms in total. The maximum Gasteiger partial charge on any atom is 0.266 e. The van der Waals surface area contributed by atoms with E-state index in [-0.39, 0.29) is 18.3 Å². The second-order valence-electron chi connectivity index (χ2n) is 5.53.